The first-order valence-corrected chi connectivity index (χ1v) is 6.63. The number of hydrogen-bond donors (Lipinski definition) is 1. The van der Waals surface area contributed by atoms with Crippen molar-refractivity contribution in [3.8, 4) is 0 Å². The van der Waals surface area contributed by atoms with Crippen LogP contribution in [0.25, 0.3) is 10.2 Å². The SMILES string of the molecule is COC(C)CNc1nc2cc(Br)ccc2s1. The fourth-order valence-electron chi connectivity index (χ4n) is 1.29. The predicted octanol–water partition coefficient (Wildman–Crippen LogP) is 3.51. The molecule has 0 aliphatic rings. The number of halogens is 1. The van der Waals surface area contributed by atoms with Crippen LogP contribution in [0.15, 0.2) is 22.7 Å². The van der Waals surface area contributed by atoms with Crippen molar-refractivity contribution in [2.24, 2.45) is 0 Å². The van der Waals surface area contributed by atoms with Crippen molar-refractivity contribution < 1.29 is 4.74 Å². The van der Waals surface area contributed by atoms with E-state index in [9.17, 15) is 0 Å². The molecule has 1 aromatic heterocycles. The molecule has 1 N–H and O–H groups in total. The lowest BCUT2D eigenvalue weighted by atomic mass is 10.3. The summed E-state index contributed by atoms with van der Waals surface area (Å²) in [5.74, 6) is 0. The molecule has 16 heavy (non-hydrogen) atoms. The van der Waals surface area contributed by atoms with Crippen molar-refractivity contribution in [2.75, 3.05) is 19.0 Å². The first kappa shape index (κ1) is 11.8. The number of ether oxygens (including phenoxy) is 1. The lowest BCUT2D eigenvalue weighted by molar-refractivity contribution is 0.129. The molecule has 1 aromatic carbocycles. The number of nitrogens with zero attached hydrogens (tertiary/aromatic N) is 1. The maximum atomic E-state index is 5.17. The Kier molecular flexibility index (Phi) is 3.78. The van der Waals surface area contributed by atoms with Crippen LogP contribution in [0, 0.1) is 0 Å². The maximum Gasteiger partial charge on any atom is 0.183 e. The second-order valence-electron chi connectivity index (χ2n) is 3.56. The van der Waals surface area contributed by atoms with Gasteiger partial charge in [0.15, 0.2) is 5.13 Å². The smallest absolute Gasteiger partial charge is 0.183 e. The van der Waals surface area contributed by atoms with Gasteiger partial charge in [-0.05, 0) is 25.1 Å². The van der Waals surface area contributed by atoms with Crippen LogP contribution in [0.1, 0.15) is 6.92 Å². The number of thiazole rings is 1. The quantitative estimate of drug-likeness (QED) is 0.938. The minimum Gasteiger partial charge on any atom is -0.380 e. The van der Waals surface area contributed by atoms with Gasteiger partial charge < -0.3 is 10.1 Å². The number of anilines is 1. The number of fused-ring (bicyclic) bond motifs is 1. The van der Waals surface area contributed by atoms with Gasteiger partial charge in [-0.25, -0.2) is 4.98 Å². The fraction of sp³-hybridized carbons (Fsp3) is 0.364. The van der Waals surface area contributed by atoms with E-state index in [-0.39, 0.29) is 6.10 Å². The van der Waals surface area contributed by atoms with Gasteiger partial charge in [0.05, 0.1) is 16.3 Å². The number of aromatic nitrogens is 1. The van der Waals surface area contributed by atoms with E-state index in [0.29, 0.717) is 0 Å². The predicted molar refractivity (Wildman–Crippen MR) is 72.3 cm³/mol. The van der Waals surface area contributed by atoms with Crippen molar-refractivity contribution in [3.63, 3.8) is 0 Å². The Balaban J connectivity index is 2.13. The Morgan fingerprint density at radius 1 is 1.56 bits per heavy atom. The summed E-state index contributed by atoms with van der Waals surface area (Å²) in [7, 11) is 1.71. The standard InChI is InChI=1S/C11H13BrN2OS/c1-7(15-2)6-13-11-14-9-5-8(12)3-4-10(9)16-11/h3-5,7H,6H2,1-2H3,(H,13,14). The van der Waals surface area contributed by atoms with Crippen molar-refractivity contribution in [3.05, 3.63) is 22.7 Å². The van der Waals surface area contributed by atoms with E-state index in [1.54, 1.807) is 18.4 Å². The summed E-state index contributed by atoms with van der Waals surface area (Å²) < 4.78 is 7.42. The van der Waals surface area contributed by atoms with E-state index in [2.05, 4.69) is 32.3 Å². The molecule has 0 saturated heterocycles. The third-order valence-electron chi connectivity index (χ3n) is 2.29. The molecule has 0 amide bonds. The molecular formula is C11H13BrN2OS. The monoisotopic (exact) mass is 300 g/mol. The van der Waals surface area contributed by atoms with Gasteiger partial charge >= 0.3 is 0 Å². The highest BCUT2D eigenvalue weighted by Crippen LogP contribution is 2.28. The number of hydrogen-bond acceptors (Lipinski definition) is 4. The summed E-state index contributed by atoms with van der Waals surface area (Å²) in [5.41, 5.74) is 1.02. The van der Waals surface area contributed by atoms with Gasteiger partial charge in [0.1, 0.15) is 0 Å². The van der Waals surface area contributed by atoms with Crippen LogP contribution in [0.5, 0.6) is 0 Å². The van der Waals surface area contributed by atoms with Crippen molar-refractivity contribution in [1.82, 2.24) is 4.98 Å². The highest BCUT2D eigenvalue weighted by atomic mass is 79.9. The van der Waals surface area contributed by atoms with Gasteiger partial charge in [-0.2, -0.15) is 0 Å². The van der Waals surface area contributed by atoms with Gasteiger partial charge in [0.25, 0.3) is 0 Å². The summed E-state index contributed by atoms with van der Waals surface area (Å²) in [5, 5.41) is 4.21. The largest absolute Gasteiger partial charge is 0.380 e. The van der Waals surface area contributed by atoms with Gasteiger partial charge in [-0.1, -0.05) is 27.3 Å². The topological polar surface area (TPSA) is 34.1 Å². The maximum absolute atomic E-state index is 5.17. The number of methoxy groups -OCH3 is 1. The molecule has 5 heteroatoms. The first-order valence-electron chi connectivity index (χ1n) is 5.02. The molecule has 0 radical (unpaired) electrons. The summed E-state index contributed by atoms with van der Waals surface area (Å²) in [6.07, 6.45) is 0.193. The third-order valence-corrected chi connectivity index (χ3v) is 3.78. The molecule has 1 heterocycles. The van der Waals surface area contributed by atoms with Crippen LogP contribution in [0.2, 0.25) is 0 Å². The Morgan fingerprint density at radius 3 is 3.12 bits per heavy atom. The van der Waals surface area contributed by atoms with E-state index in [1.807, 2.05) is 19.1 Å². The molecule has 1 atom stereocenters. The van der Waals surface area contributed by atoms with Crippen LogP contribution in [0.3, 0.4) is 0 Å². The van der Waals surface area contributed by atoms with Crippen LogP contribution in [-0.2, 0) is 4.74 Å². The highest BCUT2D eigenvalue weighted by Gasteiger charge is 2.05. The summed E-state index contributed by atoms with van der Waals surface area (Å²) >= 11 is 5.10. The molecule has 0 aliphatic carbocycles. The Labute approximate surface area is 107 Å². The zero-order chi connectivity index (χ0) is 11.5. The fourth-order valence-corrected chi connectivity index (χ4v) is 2.49. The van der Waals surface area contributed by atoms with Crippen molar-refractivity contribution in [2.45, 2.75) is 13.0 Å². The molecular weight excluding hydrogens is 288 g/mol. The minimum atomic E-state index is 0.193. The zero-order valence-corrected chi connectivity index (χ0v) is 11.6. The molecule has 1 unspecified atom stereocenters. The molecule has 86 valence electrons. The number of nitrogens with one attached hydrogen (secondary N) is 1. The lowest BCUT2D eigenvalue weighted by Gasteiger charge is -2.08. The summed E-state index contributed by atoms with van der Waals surface area (Å²) in [6, 6.07) is 6.13. The van der Waals surface area contributed by atoms with Crippen LogP contribution < -0.4 is 5.32 Å². The Morgan fingerprint density at radius 2 is 2.38 bits per heavy atom. The van der Waals surface area contributed by atoms with Crippen molar-refractivity contribution >= 4 is 42.6 Å². The Bertz CT molecular complexity index is 486. The van der Waals surface area contributed by atoms with E-state index in [1.165, 1.54) is 4.70 Å². The second kappa shape index (κ2) is 5.12. The first-order chi connectivity index (χ1) is 7.69. The minimum absolute atomic E-state index is 0.193. The average molecular weight is 301 g/mol. The number of benzene rings is 1. The van der Waals surface area contributed by atoms with E-state index in [4.69, 9.17) is 4.74 Å². The van der Waals surface area contributed by atoms with E-state index >= 15 is 0 Å². The molecule has 0 spiro atoms. The van der Waals surface area contributed by atoms with Crippen LogP contribution in [0.4, 0.5) is 5.13 Å². The zero-order valence-electron chi connectivity index (χ0n) is 9.16. The van der Waals surface area contributed by atoms with Crippen molar-refractivity contribution in [1.29, 1.82) is 0 Å². The molecule has 2 rings (SSSR count). The normalized spacial score (nSPS) is 12.9. The van der Waals surface area contributed by atoms with E-state index in [0.717, 1.165) is 21.7 Å². The summed E-state index contributed by atoms with van der Waals surface area (Å²) in [4.78, 5) is 4.50. The molecule has 0 bridgehead atoms. The third kappa shape index (κ3) is 2.72. The van der Waals surface area contributed by atoms with Gasteiger partial charge in [-0.15, -0.1) is 0 Å². The average Bonchev–Trinajstić information content (AvgIpc) is 2.67. The Hall–Kier alpha value is -0.650. The molecule has 2 aromatic rings. The van der Waals surface area contributed by atoms with Gasteiger partial charge in [-0.3, -0.25) is 0 Å². The van der Waals surface area contributed by atoms with E-state index < -0.39 is 0 Å². The van der Waals surface area contributed by atoms with Crippen LogP contribution in [-0.4, -0.2) is 24.7 Å². The highest BCUT2D eigenvalue weighted by molar-refractivity contribution is 9.10. The molecule has 0 aliphatic heterocycles. The van der Waals surface area contributed by atoms with Crippen LogP contribution >= 0.6 is 27.3 Å². The molecule has 0 saturated carbocycles. The number of rotatable bonds is 4. The lowest BCUT2D eigenvalue weighted by Crippen LogP contribution is -2.17. The van der Waals surface area contributed by atoms with Gasteiger partial charge in [0, 0.05) is 18.1 Å². The molecule has 0 fully saturated rings. The second-order valence-corrected chi connectivity index (χ2v) is 5.50. The summed E-state index contributed by atoms with van der Waals surface area (Å²) in [6.45, 7) is 2.80. The van der Waals surface area contributed by atoms with Gasteiger partial charge in [0.2, 0.25) is 0 Å². The molecule has 3 nitrogen and oxygen atoms in total.